The first kappa shape index (κ1) is 8.83. The molecule has 54 valence electrons. The van der Waals surface area contributed by atoms with Gasteiger partial charge in [0.25, 0.3) is 0 Å². The average Bonchev–Trinajstić information content (AvgIpc) is 1.89. The van der Waals surface area contributed by atoms with Crippen LogP contribution in [0, 0.1) is 6.92 Å². The van der Waals surface area contributed by atoms with Gasteiger partial charge in [-0.15, -0.1) is 0 Å². The molecule has 0 rings (SSSR count). The van der Waals surface area contributed by atoms with Gasteiger partial charge in [-0.05, 0) is 6.42 Å². The fraction of sp³-hybridized carbons (Fsp3) is 0.875. The molecular formula is C8H17O+. The molecule has 0 saturated carbocycles. The summed E-state index contributed by atoms with van der Waals surface area (Å²) >= 11 is 0. The standard InChI is InChI=1S/C8H17O/c1-3-5-6-7-8-9-4-2/h2-8H2,1H3/q+1. The van der Waals surface area contributed by atoms with Crippen LogP contribution in [-0.2, 0) is 4.74 Å². The molecule has 0 radical (unpaired) electrons. The molecule has 9 heavy (non-hydrogen) atoms. The quantitative estimate of drug-likeness (QED) is 0.395. The number of hydrogen-bond donors (Lipinski definition) is 0. The highest BCUT2D eigenvalue weighted by Gasteiger charge is 1.87. The third kappa shape index (κ3) is 7.83. The molecule has 0 saturated heterocycles. The third-order valence-electron chi connectivity index (χ3n) is 1.29. The molecule has 0 aliphatic heterocycles. The van der Waals surface area contributed by atoms with Crippen LogP contribution >= 0.6 is 0 Å². The zero-order valence-corrected chi connectivity index (χ0v) is 6.36. The second kappa shape index (κ2) is 7.83. The van der Waals surface area contributed by atoms with Gasteiger partial charge in [-0.2, -0.15) is 0 Å². The third-order valence-corrected chi connectivity index (χ3v) is 1.29. The van der Waals surface area contributed by atoms with Crippen LogP contribution in [-0.4, -0.2) is 13.2 Å². The lowest BCUT2D eigenvalue weighted by Crippen LogP contribution is -1.92. The first-order valence-corrected chi connectivity index (χ1v) is 3.78. The first-order chi connectivity index (χ1) is 4.41. The zero-order valence-electron chi connectivity index (χ0n) is 6.36. The van der Waals surface area contributed by atoms with Crippen molar-refractivity contribution in [2.24, 2.45) is 0 Å². The van der Waals surface area contributed by atoms with E-state index in [2.05, 4.69) is 13.8 Å². The van der Waals surface area contributed by atoms with E-state index in [4.69, 9.17) is 4.74 Å². The maximum absolute atomic E-state index is 5.07. The predicted octanol–water partition coefficient (Wildman–Crippen LogP) is 2.42. The van der Waals surface area contributed by atoms with Crippen LogP contribution < -0.4 is 0 Å². The minimum Gasteiger partial charge on any atom is -0.340 e. The van der Waals surface area contributed by atoms with E-state index in [-0.39, 0.29) is 0 Å². The van der Waals surface area contributed by atoms with E-state index < -0.39 is 0 Å². The molecular weight excluding hydrogens is 112 g/mol. The van der Waals surface area contributed by atoms with Gasteiger partial charge < -0.3 is 4.74 Å². The van der Waals surface area contributed by atoms with Crippen molar-refractivity contribution in [3.8, 4) is 0 Å². The minimum absolute atomic E-state index is 0.617. The van der Waals surface area contributed by atoms with Gasteiger partial charge in [0, 0.05) is 0 Å². The van der Waals surface area contributed by atoms with Gasteiger partial charge in [0.15, 0.2) is 6.61 Å². The lowest BCUT2D eigenvalue weighted by molar-refractivity contribution is 0.156. The molecule has 0 heterocycles. The van der Waals surface area contributed by atoms with Crippen molar-refractivity contribution < 1.29 is 4.74 Å². The highest BCUT2D eigenvalue weighted by Crippen LogP contribution is 1.98. The van der Waals surface area contributed by atoms with Crippen molar-refractivity contribution in [2.75, 3.05) is 13.2 Å². The highest BCUT2D eigenvalue weighted by atomic mass is 16.5. The fourth-order valence-corrected chi connectivity index (χ4v) is 0.733. The van der Waals surface area contributed by atoms with Crippen LogP contribution in [0.1, 0.15) is 32.6 Å². The van der Waals surface area contributed by atoms with Crippen LogP contribution in [0.3, 0.4) is 0 Å². The second-order valence-electron chi connectivity index (χ2n) is 2.17. The molecule has 0 aliphatic carbocycles. The van der Waals surface area contributed by atoms with E-state index >= 15 is 0 Å². The van der Waals surface area contributed by atoms with Gasteiger partial charge in [-0.3, -0.25) is 0 Å². The zero-order chi connectivity index (χ0) is 6.95. The Kier molecular flexibility index (Phi) is 7.68. The molecule has 0 aromatic heterocycles. The van der Waals surface area contributed by atoms with Crippen LogP contribution in [0.4, 0.5) is 0 Å². The largest absolute Gasteiger partial charge is 0.340 e. The molecule has 0 amide bonds. The SMILES string of the molecule is [CH2+]COCCCCCC. The predicted molar refractivity (Wildman–Crippen MR) is 40.3 cm³/mol. The van der Waals surface area contributed by atoms with Gasteiger partial charge in [0.2, 0.25) is 0 Å². The Labute approximate surface area is 58.4 Å². The Balaban J connectivity index is 2.60. The Morgan fingerprint density at radius 3 is 2.56 bits per heavy atom. The molecule has 0 aromatic rings. The summed E-state index contributed by atoms with van der Waals surface area (Å²) in [6, 6.07) is 0. The lowest BCUT2D eigenvalue weighted by Gasteiger charge is -1.96. The molecule has 0 aliphatic rings. The monoisotopic (exact) mass is 129 g/mol. The van der Waals surface area contributed by atoms with Gasteiger partial charge in [-0.25, -0.2) is 0 Å². The number of unbranched alkanes of at least 4 members (excludes halogenated alkanes) is 3. The van der Waals surface area contributed by atoms with E-state index in [9.17, 15) is 0 Å². The summed E-state index contributed by atoms with van der Waals surface area (Å²) in [7, 11) is 0. The molecule has 0 fully saturated rings. The van der Waals surface area contributed by atoms with Crippen molar-refractivity contribution in [2.45, 2.75) is 32.6 Å². The summed E-state index contributed by atoms with van der Waals surface area (Å²) < 4.78 is 5.07. The highest BCUT2D eigenvalue weighted by molar-refractivity contribution is 4.39. The summed E-state index contributed by atoms with van der Waals surface area (Å²) in [4.78, 5) is 0. The topological polar surface area (TPSA) is 9.23 Å². The Morgan fingerprint density at radius 1 is 1.22 bits per heavy atom. The first-order valence-electron chi connectivity index (χ1n) is 3.78. The minimum atomic E-state index is 0.617. The molecule has 0 atom stereocenters. The normalized spacial score (nSPS) is 9.89. The van der Waals surface area contributed by atoms with Crippen LogP contribution in [0.25, 0.3) is 0 Å². The van der Waals surface area contributed by atoms with Crippen LogP contribution in [0.2, 0.25) is 0 Å². The van der Waals surface area contributed by atoms with Gasteiger partial charge >= 0.3 is 0 Å². The average molecular weight is 129 g/mol. The van der Waals surface area contributed by atoms with Crippen molar-refractivity contribution in [1.29, 1.82) is 0 Å². The summed E-state index contributed by atoms with van der Waals surface area (Å²) in [6.45, 7) is 7.30. The van der Waals surface area contributed by atoms with Gasteiger partial charge in [-0.1, -0.05) is 26.2 Å². The number of hydrogen-bond acceptors (Lipinski definition) is 1. The Bertz CT molecular complexity index is 37.8. The summed E-state index contributed by atoms with van der Waals surface area (Å²) in [5.74, 6) is 0. The maximum atomic E-state index is 5.07. The van der Waals surface area contributed by atoms with Crippen molar-refractivity contribution in [3.63, 3.8) is 0 Å². The van der Waals surface area contributed by atoms with Crippen molar-refractivity contribution >= 4 is 0 Å². The number of ether oxygens (including phenoxy) is 1. The van der Waals surface area contributed by atoms with Crippen molar-refractivity contribution in [1.82, 2.24) is 0 Å². The van der Waals surface area contributed by atoms with Gasteiger partial charge in [0.1, 0.15) is 0 Å². The fourth-order valence-electron chi connectivity index (χ4n) is 0.733. The van der Waals surface area contributed by atoms with E-state index in [0.717, 1.165) is 6.61 Å². The van der Waals surface area contributed by atoms with E-state index in [0.29, 0.717) is 6.61 Å². The molecule has 1 heteroatoms. The van der Waals surface area contributed by atoms with E-state index in [1.54, 1.807) is 0 Å². The Hall–Kier alpha value is -0.170. The molecule has 0 N–H and O–H groups in total. The molecule has 0 aromatic carbocycles. The molecule has 0 bridgehead atoms. The summed E-state index contributed by atoms with van der Waals surface area (Å²) in [5.41, 5.74) is 0. The molecule has 0 unspecified atom stereocenters. The van der Waals surface area contributed by atoms with Crippen molar-refractivity contribution in [3.05, 3.63) is 6.92 Å². The smallest absolute Gasteiger partial charge is 0.184 e. The maximum Gasteiger partial charge on any atom is 0.184 e. The summed E-state index contributed by atoms with van der Waals surface area (Å²) in [6.07, 6.45) is 5.13. The van der Waals surface area contributed by atoms with Crippen LogP contribution in [0.5, 0.6) is 0 Å². The molecule has 1 nitrogen and oxygen atoms in total. The lowest BCUT2D eigenvalue weighted by atomic mass is 10.2. The Morgan fingerprint density at radius 2 is 2.00 bits per heavy atom. The van der Waals surface area contributed by atoms with Crippen LogP contribution in [0.15, 0.2) is 0 Å². The van der Waals surface area contributed by atoms with Gasteiger partial charge in [0.05, 0.1) is 13.5 Å². The summed E-state index contributed by atoms with van der Waals surface area (Å²) in [5, 5.41) is 0. The second-order valence-corrected chi connectivity index (χ2v) is 2.17. The van der Waals surface area contributed by atoms with E-state index in [1.165, 1.54) is 25.7 Å². The molecule has 0 spiro atoms. The number of rotatable bonds is 6. The van der Waals surface area contributed by atoms with E-state index in [1.807, 2.05) is 0 Å².